The lowest BCUT2D eigenvalue weighted by atomic mass is 10.4. The largest absolute Gasteiger partial charge is 0.360 e. The number of nitrogens with one attached hydrogen (secondary N) is 2. The Hall–Kier alpha value is -2.58. The van der Waals surface area contributed by atoms with E-state index < -0.39 is 10.0 Å². The SMILES string of the molecule is Cc1cc(Nc2ccc(NS(=O)(=O)c3ccc(Cl)cc3)nc2)no1. The molecule has 0 aliphatic carbocycles. The molecular formula is C15H13ClN4O3S. The Morgan fingerprint density at radius 1 is 1.08 bits per heavy atom. The second-order valence-electron chi connectivity index (χ2n) is 4.94. The first-order valence-electron chi connectivity index (χ1n) is 6.87. The molecule has 1 aromatic carbocycles. The predicted octanol–water partition coefficient (Wildman–Crippen LogP) is 3.58. The molecule has 24 heavy (non-hydrogen) atoms. The zero-order valence-corrected chi connectivity index (χ0v) is 14.1. The van der Waals surface area contributed by atoms with Gasteiger partial charge in [-0.1, -0.05) is 16.8 Å². The van der Waals surface area contributed by atoms with E-state index >= 15 is 0 Å². The van der Waals surface area contributed by atoms with Crippen molar-refractivity contribution >= 4 is 38.9 Å². The van der Waals surface area contributed by atoms with Gasteiger partial charge in [0.25, 0.3) is 10.0 Å². The highest BCUT2D eigenvalue weighted by atomic mass is 35.5. The number of aromatic nitrogens is 2. The minimum atomic E-state index is -3.72. The minimum absolute atomic E-state index is 0.106. The molecule has 0 aliphatic heterocycles. The van der Waals surface area contributed by atoms with Crippen molar-refractivity contribution in [2.45, 2.75) is 11.8 Å². The summed E-state index contributed by atoms with van der Waals surface area (Å²) in [5.41, 5.74) is 0.651. The van der Waals surface area contributed by atoms with E-state index in [4.69, 9.17) is 16.1 Å². The van der Waals surface area contributed by atoms with Crippen LogP contribution in [0.25, 0.3) is 0 Å². The highest BCUT2D eigenvalue weighted by molar-refractivity contribution is 7.92. The summed E-state index contributed by atoms with van der Waals surface area (Å²) in [4.78, 5) is 4.18. The lowest BCUT2D eigenvalue weighted by Gasteiger charge is -2.08. The van der Waals surface area contributed by atoms with Crippen molar-refractivity contribution in [3.63, 3.8) is 0 Å². The molecule has 0 saturated heterocycles. The average molecular weight is 365 g/mol. The molecule has 0 aliphatic rings. The summed E-state index contributed by atoms with van der Waals surface area (Å²) in [7, 11) is -3.72. The molecule has 2 N–H and O–H groups in total. The van der Waals surface area contributed by atoms with Crippen molar-refractivity contribution < 1.29 is 12.9 Å². The van der Waals surface area contributed by atoms with E-state index in [0.717, 1.165) is 0 Å². The van der Waals surface area contributed by atoms with Gasteiger partial charge in [-0.25, -0.2) is 13.4 Å². The van der Waals surface area contributed by atoms with Gasteiger partial charge in [-0.2, -0.15) is 0 Å². The molecule has 124 valence electrons. The Morgan fingerprint density at radius 3 is 2.42 bits per heavy atom. The van der Waals surface area contributed by atoms with Gasteiger partial charge in [0.05, 0.1) is 16.8 Å². The summed E-state index contributed by atoms with van der Waals surface area (Å²) in [6, 6.07) is 10.8. The number of benzene rings is 1. The van der Waals surface area contributed by atoms with Crippen LogP contribution in [-0.2, 0) is 10.0 Å². The fourth-order valence-corrected chi connectivity index (χ4v) is 3.05. The second-order valence-corrected chi connectivity index (χ2v) is 7.06. The van der Waals surface area contributed by atoms with E-state index in [2.05, 4.69) is 20.2 Å². The van der Waals surface area contributed by atoms with E-state index in [1.165, 1.54) is 30.5 Å². The fourth-order valence-electron chi connectivity index (χ4n) is 1.91. The Balaban J connectivity index is 1.72. The molecule has 3 aromatic rings. The third kappa shape index (κ3) is 3.84. The van der Waals surface area contributed by atoms with Crippen molar-refractivity contribution in [1.29, 1.82) is 0 Å². The quantitative estimate of drug-likeness (QED) is 0.718. The van der Waals surface area contributed by atoms with E-state index in [-0.39, 0.29) is 10.7 Å². The van der Waals surface area contributed by atoms with Gasteiger partial charge in [-0.15, -0.1) is 0 Å². The Kier molecular flexibility index (Phi) is 4.41. The predicted molar refractivity (Wildman–Crippen MR) is 91.0 cm³/mol. The monoisotopic (exact) mass is 364 g/mol. The smallest absolute Gasteiger partial charge is 0.263 e. The highest BCUT2D eigenvalue weighted by Crippen LogP contribution is 2.20. The molecular weight excluding hydrogens is 352 g/mol. The zero-order valence-electron chi connectivity index (χ0n) is 12.5. The summed E-state index contributed by atoms with van der Waals surface area (Å²) < 4.78 is 31.9. The molecule has 0 spiro atoms. The van der Waals surface area contributed by atoms with Crippen LogP contribution in [0.3, 0.4) is 0 Å². The topological polar surface area (TPSA) is 97.1 Å². The van der Waals surface area contributed by atoms with Crippen LogP contribution >= 0.6 is 11.6 Å². The van der Waals surface area contributed by atoms with Crippen molar-refractivity contribution in [3.8, 4) is 0 Å². The molecule has 2 aromatic heterocycles. The number of rotatable bonds is 5. The van der Waals surface area contributed by atoms with Gasteiger partial charge < -0.3 is 9.84 Å². The van der Waals surface area contributed by atoms with Crippen LogP contribution in [0.1, 0.15) is 5.76 Å². The van der Waals surface area contributed by atoms with E-state index in [9.17, 15) is 8.42 Å². The maximum Gasteiger partial charge on any atom is 0.263 e. The summed E-state index contributed by atoms with van der Waals surface area (Å²) >= 11 is 5.76. The summed E-state index contributed by atoms with van der Waals surface area (Å²) in [6.07, 6.45) is 1.49. The lowest BCUT2D eigenvalue weighted by Crippen LogP contribution is -2.13. The second kappa shape index (κ2) is 6.50. The Morgan fingerprint density at radius 2 is 1.83 bits per heavy atom. The third-order valence-corrected chi connectivity index (χ3v) is 4.65. The number of anilines is 3. The number of pyridine rings is 1. The molecule has 9 heteroatoms. The number of nitrogens with zero attached hydrogens (tertiary/aromatic N) is 2. The van der Waals surface area contributed by atoms with Gasteiger partial charge in [0.15, 0.2) is 5.82 Å². The fraction of sp³-hybridized carbons (Fsp3) is 0.0667. The van der Waals surface area contributed by atoms with Crippen LogP contribution in [0, 0.1) is 6.92 Å². The molecule has 0 radical (unpaired) electrons. The molecule has 3 rings (SSSR count). The van der Waals surface area contributed by atoms with Gasteiger partial charge in [-0.05, 0) is 43.3 Å². The molecule has 0 atom stereocenters. The van der Waals surface area contributed by atoms with Crippen LogP contribution in [0.4, 0.5) is 17.3 Å². The van der Waals surface area contributed by atoms with Crippen LogP contribution in [0.5, 0.6) is 0 Å². The molecule has 0 saturated carbocycles. The molecule has 2 heterocycles. The highest BCUT2D eigenvalue weighted by Gasteiger charge is 2.14. The summed E-state index contributed by atoms with van der Waals surface area (Å²) in [6.45, 7) is 1.78. The van der Waals surface area contributed by atoms with Gasteiger partial charge in [0, 0.05) is 11.1 Å². The maximum atomic E-state index is 12.3. The first kappa shape index (κ1) is 16.3. The van der Waals surface area contributed by atoms with Crippen LogP contribution in [-0.4, -0.2) is 18.6 Å². The van der Waals surface area contributed by atoms with Gasteiger partial charge in [0.1, 0.15) is 11.6 Å². The van der Waals surface area contributed by atoms with E-state index in [0.29, 0.717) is 22.3 Å². The average Bonchev–Trinajstić information content (AvgIpc) is 2.94. The number of aryl methyl sites for hydroxylation is 1. The molecule has 0 fully saturated rings. The van der Waals surface area contributed by atoms with Gasteiger partial charge >= 0.3 is 0 Å². The van der Waals surface area contributed by atoms with Crippen molar-refractivity contribution in [2.75, 3.05) is 10.0 Å². The molecule has 7 nitrogen and oxygen atoms in total. The third-order valence-electron chi connectivity index (χ3n) is 3.03. The molecule has 0 bridgehead atoms. The standard InChI is InChI=1S/C15H13ClN4O3S/c1-10-8-15(19-23-10)18-12-4-7-14(17-9-12)20-24(21,22)13-5-2-11(16)3-6-13/h2-9H,1H3,(H,17,20)(H,18,19). The minimum Gasteiger partial charge on any atom is -0.360 e. The first-order valence-corrected chi connectivity index (χ1v) is 8.73. The zero-order chi connectivity index (χ0) is 17.2. The maximum absolute atomic E-state index is 12.3. The van der Waals surface area contributed by atoms with E-state index in [1.54, 1.807) is 25.1 Å². The summed E-state index contributed by atoms with van der Waals surface area (Å²) in [5, 5.41) is 7.26. The number of halogens is 1. The van der Waals surface area contributed by atoms with Crippen LogP contribution in [0.15, 0.2) is 58.1 Å². The van der Waals surface area contributed by atoms with Crippen molar-refractivity contribution in [3.05, 3.63) is 59.4 Å². The van der Waals surface area contributed by atoms with Crippen molar-refractivity contribution in [1.82, 2.24) is 10.1 Å². The van der Waals surface area contributed by atoms with Crippen LogP contribution in [0.2, 0.25) is 5.02 Å². The Bertz CT molecular complexity index is 938. The van der Waals surface area contributed by atoms with Gasteiger partial charge in [-0.3, -0.25) is 4.72 Å². The molecule has 0 amide bonds. The number of sulfonamides is 1. The number of hydrogen-bond donors (Lipinski definition) is 2. The van der Waals surface area contributed by atoms with Crippen molar-refractivity contribution in [2.24, 2.45) is 0 Å². The number of hydrogen-bond acceptors (Lipinski definition) is 6. The summed E-state index contributed by atoms with van der Waals surface area (Å²) in [5.74, 6) is 1.42. The van der Waals surface area contributed by atoms with Gasteiger partial charge in [0.2, 0.25) is 0 Å². The first-order chi connectivity index (χ1) is 11.4. The normalized spacial score (nSPS) is 11.2. The van der Waals surface area contributed by atoms with Crippen LogP contribution < -0.4 is 10.0 Å². The Labute approximate surface area is 143 Å². The lowest BCUT2D eigenvalue weighted by molar-refractivity contribution is 0.400. The van der Waals surface area contributed by atoms with E-state index in [1.807, 2.05) is 0 Å². The molecule has 0 unspecified atom stereocenters.